The zero-order chi connectivity index (χ0) is 27.4. The van der Waals surface area contributed by atoms with Gasteiger partial charge in [-0.15, -0.1) is 0 Å². The summed E-state index contributed by atoms with van der Waals surface area (Å²) in [5, 5.41) is 3.42. The number of Topliss-reactive ketones (excluding diaryl/α,β-unsaturated/α-hetero) is 1. The van der Waals surface area contributed by atoms with E-state index < -0.39 is 11.9 Å². The lowest BCUT2D eigenvalue weighted by Crippen LogP contribution is -2.36. The summed E-state index contributed by atoms with van der Waals surface area (Å²) in [5.41, 5.74) is 5.40. The highest BCUT2D eigenvalue weighted by Gasteiger charge is 2.41. The highest BCUT2D eigenvalue weighted by molar-refractivity contribution is 6.04. The summed E-state index contributed by atoms with van der Waals surface area (Å²) in [5.74, 6) is 0.218. The molecule has 0 saturated heterocycles. The molecule has 5 rings (SSSR count). The Labute approximate surface area is 229 Å². The Bertz CT molecular complexity index is 1420. The van der Waals surface area contributed by atoms with Gasteiger partial charge >= 0.3 is 5.97 Å². The van der Waals surface area contributed by atoms with Crippen LogP contribution in [-0.2, 0) is 20.9 Å². The van der Waals surface area contributed by atoms with Gasteiger partial charge in [0.15, 0.2) is 17.3 Å². The molecule has 2 atom stereocenters. The number of carbonyl (C=O) groups is 2. The SMILES string of the molecule is CCOc1ccc(C2C(C(=O)OCc3ccccc3)=C(C)NC3=C2C(=O)CC(c2ccccc2)C3)cc1OC. The summed E-state index contributed by atoms with van der Waals surface area (Å²) in [4.78, 5) is 27.5. The molecule has 3 aromatic carbocycles. The minimum Gasteiger partial charge on any atom is -0.493 e. The Balaban J connectivity index is 1.55. The molecule has 2 unspecified atom stereocenters. The third-order valence-corrected chi connectivity index (χ3v) is 7.35. The molecule has 200 valence electrons. The molecule has 0 fully saturated rings. The molecule has 0 saturated carbocycles. The summed E-state index contributed by atoms with van der Waals surface area (Å²) in [6.07, 6.45) is 1.06. The van der Waals surface area contributed by atoms with E-state index >= 15 is 0 Å². The van der Waals surface area contributed by atoms with Crippen LogP contribution in [0, 0.1) is 0 Å². The first kappa shape index (κ1) is 26.3. The van der Waals surface area contributed by atoms with Crippen LogP contribution in [0.3, 0.4) is 0 Å². The quantitative estimate of drug-likeness (QED) is 0.355. The molecular formula is C33H33NO5. The van der Waals surface area contributed by atoms with Crippen LogP contribution < -0.4 is 14.8 Å². The smallest absolute Gasteiger partial charge is 0.337 e. The first-order valence-corrected chi connectivity index (χ1v) is 13.3. The predicted molar refractivity (Wildman–Crippen MR) is 149 cm³/mol. The molecule has 1 N–H and O–H groups in total. The van der Waals surface area contributed by atoms with Gasteiger partial charge in [-0.1, -0.05) is 66.7 Å². The number of ketones is 1. The van der Waals surface area contributed by atoms with Crippen LogP contribution in [0.5, 0.6) is 11.5 Å². The van der Waals surface area contributed by atoms with Crippen molar-refractivity contribution in [3.05, 3.63) is 118 Å². The molecule has 39 heavy (non-hydrogen) atoms. The van der Waals surface area contributed by atoms with Crippen molar-refractivity contribution in [2.24, 2.45) is 0 Å². The molecule has 3 aromatic rings. The predicted octanol–water partition coefficient (Wildman–Crippen LogP) is 6.20. The van der Waals surface area contributed by atoms with E-state index in [0.717, 1.165) is 22.4 Å². The van der Waals surface area contributed by atoms with E-state index in [0.29, 0.717) is 47.8 Å². The number of dihydropyridines is 1. The Morgan fingerprint density at radius 3 is 2.33 bits per heavy atom. The molecule has 0 spiro atoms. The highest BCUT2D eigenvalue weighted by atomic mass is 16.5. The molecule has 2 aliphatic rings. The fraction of sp³-hybridized carbons (Fsp3) is 0.273. The maximum absolute atomic E-state index is 13.8. The van der Waals surface area contributed by atoms with Crippen molar-refractivity contribution in [2.75, 3.05) is 13.7 Å². The van der Waals surface area contributed by atoms with Crippen molar-refractivity contribution in [1.29, 1.82) is 0 Å². The largest absolute Gasteiger partial charge is 0.493 e. The topological polar surface area (TPSA) is 73.9 Å². The van der Waals surface area contributed by atoms with Crippen LogP contribution in [0.25, 0.3) is 0 Å². The second kappa shape index (κ2) is 11.6. The van der Waals surface area contributed by atoms with Gasteiger partial charge in [0.05, 0.1) is 19.3 Å². The minimum atomic E-state index is -0.585. The van der Waals surface area contributed by atoms with Crippen LogP contribution in [0.1, 0.15) is 55.2 Å². The number of hydrogen-bond donors (Lipinski definition) is 1. The number of carbonyl (C=O) groups excluding carboxylic acids is 2. The molecule has 0 amide bonds. The van der Waals surface area contributed by atoms with Crippen molar-refractivity contribution in [2.45, 2.75) is 45.1 Å². The van der Waals surface area contributed by atoms with Gasteiger partial charge in [-0.05, 0) is 55.0 Å². The molecule has 1 heterocycles. The second-order valence-corrected chi connectivity index (χ2v) is 9.83. The molecule has 0 bridgehead atoms. The number of methoxy groups -OCH3 is 1. The lowest BCUT2D eigenvalue weighted by atomic mass is 9.71. The Morgan fingerprint density at radius 1 is 0.923 bits per heavy atom. The Morgan fingerprint density at radius 2 is 1.64 bits per heavy atom. The number of rotatable bonds is 8. The molecular weight excluding hydrogens is 490 g/mol. The monoisotopic (exact) mass is 523 g/mol. The van der Waals surface area contributed by atoms with Crippen LogP contribution in [0.2, 0.25) is 0 Å². The summed E-state index contributed by atoms with van der Waals surface area (Å²) in [7, 11) is 1.58. The maximum Gasteiger partial charge on any atom is 0.337 e. The lowest BCUT2D eigenvalue weighted by molar-refractivity contribution is -0.140. The summed E-state index contributed by atoms with van der Waals surface area (Å²) in [6.45, 7) is 4.42. The molecule has 0 radical (unpaired) electrons. The molecule has 1 aliphatic carbocycles. The summed E-state index contributed by atoms with van der Waals surface area (Å²) in [6, 6.07) is 25.3. The van der Waals surface area contributed by atoms with Gasteiger partial charge in [-0.25, -0.2) is 4.79 Å². The second-order valence-electron chi connectivity index (χ2n) is 9.83. The maximum atomic E-state index is 13.8. The van der Waals surface area contributed by atoms with Crippen LogP contribution in [-0.4, -0.2) is 25.5 Å². The lowest BCUT2D eigenvalue weighted by Gasteiger charge is -2.37. The van der Waals surface area contributed by atoms with Gasteiger partial charge in [0, 0.05) is 29.3 Å². The third kappa shape index (κ3) is 5.46. The number of benzene rings is 3. The van der Waals surface area contributed by atoms with Gasteiger partial charge in [0.2, 0.25) is 0 Å². The van der Waals surface area contributed by atoms with Crippen LogP contribution in [0.4, 0.5) is 0 Å². The Hall–Kier alpha value is -4.32. The van der Waals surface area contributed by atoms with E-state index in [-0.39, 0.29) is 18.3 Å². The average Bonchev–Trinajstić information content (AvgIpc) is 2.96. The van der Waals surface area contributed by atoms with E-state index in [9.17, 15) is 9.59 Å². The van der Waals surface area contributed by atoms with Crippen molar-refractivity contribution >= 4 is 11.8 Å². The number of allylic oxidation sites excluding steroid dienone is 3. The van der Waals surface area contributed by atoms with E-state index in [2.05, 4.69) is 17.4 Å². The van der Waals surface area contributed by atoms with E-state index in [1.807, 2.05) is 80.6 Å². The summed E-state index contributed by atoms with van der Waals surface area (Å²) < 4.78 is 17.1. The minimum absolute atomic E-state index is 0.0244. The standard InChI is InChI=1S/C33H33NO5/c1-4-38-28-16-15-24(19-29(28)37-3)31-30(33(36)39-20-22-11-7-5-8-12-22)21(2)34-26-17-25(18-27(35)32(26)31)23-13-9-6-10-14-23/h5-16,19,25,31,34H,4,17-18,20H2,1-3H3. The number of nitrogens with one attached hydrogen (secondary N) is 1. The van der Waals surface area contributed by atoms with Gasteiger partial charge in [-0.2, -0.15) is 0 Å². The van der Waals surface area contributed by atoms with E-state index in [1.54, 1.807) is 7.11 Å². The molecule has 6 heteroatoms. The van der Waals surface area contributed by atoms with Crippen molar-refractivity contribution in [1.82, 2.24) is 5.32 Å². The summed E-state index contributed by atoms with van der Waals surface area (Å²) >= 11 is 0. The van der Waals surface area contributed by atoms with E-state index in [4.69, 9.17) is 14.2 Å². The zero-order valence-corrected chi connectivity index (χ0v) is 22.5. The van der Waals surface area contributed by atoms with Crippen LogP contribution in [0.15, 0.2) is 101 Å². The van der Waals surface area contributed by atoms with Crippen molar-refractivity contribution in [3.8, 4) is 11.5 Å². The normalized spacial score (nSPS) is 18.8. The number of esters is 1. The van der Waals surface area contributed by atoms with Gasteiger partial charge in [0.25, 0.3) is 0 Å². The van der Waals surface area contributed by atoms with Gasteiger partial charge in [-0.3, -0.25) is 4.79 Å². The van der Waals surface area contributed by atoms with E-state index in [1.165, 1.54) is 0 Å². The Kier molecular flexibility index (Phi) is 7.82. The number of hydrogen-bond acceptors (Lipinski definition) is 6. The third-order valence-electron chi connectivity index (χ3n) is 7.35. The van der Waals surface area contributed by atoms with Crippen LogP contribution >= 0.6 is 0 Å². The average molecular weight is 524 g/mol. The zero-order valence-electron chi connectivity index (χ0n) is 22.5. The molecule has 0 aromatic heterocycles. The first-order valence-electron chi connectivity index (χ1n) is 13.3. The molecule has 1 aliphatic heterocycles. The fourth-order valence-electron chi connectivity index (χ4n) is 5.54. The molecule has 6 nitrogen and oxygen atoms in total. The highest BCUT2D eigenvalue weighted by Crippen LogP contribution is 2.47. The van der Waals surface area contributed by atoms with Gasteiger partial charge in [0.1, 0.15) is 6.61 Å². The van der Waals surface area contributed by atoms with Crippen molar-refractivity contribution < 1.29 is 23.8 Å². The fourth-order valence-corrected chi connectivity index (χ4v) is 5.54. The van der Waals surface area contributed by atoms with Crippen molar-refractivity contribution in [3.63, 3.8) is 0 Å². The first-order chi connectivity index (χ1) is 19.0. The number of ether oxygens (including phenoxy) is 3. The van der Waals surface area contributed by atoms with Gasteiger partial charge < -0.3 is 19.5 Å².